The number of hydrogen-bond acceptors (Lipinski definition) is 6. The van der Waals surface area contributed by atoms with Crippen molar-refractivity contribution in [3.63, 3.8) is 0 Å². The minimum Gasteiger partial charge on any atom is -0.480 e. The van der Waals surface area contributed by atoms with E-state index >= 15 is 0 Å². The van der Waals surface area contributed by atoms with Crippen LogP contribution < -0.4 is 5.32 Å². The Bertz CT molecular complexity index is 892. The second-order valence-corrected chi connectivity index (χ2v) is 6.23. The molecule has 0 saturated carbocycles. The van der Waals surface area contributed by atoms with Crippen LogP contribution in [0.25, 0.3) is 10.8 Å². The maximum absolute atomic E-state index is 12.6. The van der Waals surface area contributed by atoms with Crippen molar-refractivity contribution >= 4 is 34.6 Å². The molecular weight excluding hydrogens is 366 g/mol. The molecule has 0 bridgehead atoms. The fourth-order valence-corrected chi connectivity index (χ4v) is 2.95. The average molecular weight is 387 g/mol. The van der Waals surface area contributed by atoms with E-state index in [0.29, 0.717) is 0 Å². The Labute approximate surface area is 161 Å². The summed E-state index contributed by atoms with van der Waals surface area (Å²) < 4.78 is 9.16. The van der Waals surface area contributed by atoms with Crippen LogP contribution in [-0.4, -0.2) is 49.2 Å². The molecule has 2 N–H and O–H groups in total. The Hall–Kier alpha value is -3.42. The number of rotatable bonds is 7. The summed E-state index contributed by atoms with van der Waals surface area (Å²) in [6, 6.07) is 10.8. The summed E-state index contributed by atoms with van der Waals surface area (Å²) in [4.78, 5) is 48.2. The summed E-state index contributed by atoms with van der Waals surface area (Å²) in [7, 11) is 2.16. The van der Waals surface area contributed by atoms with Gasteiger partial charge in [0.15, 0.2) is 5.92 Å². The van der Waals surface area contributed by atoms with Crippen LogP contribution >= 0.6 is 0 Å². The number of esters is 2. The number of ether oxygens (including phenoxy) is 2. The molecule has 0 saturated heterocycles. The smallest absolute Gasteiger partial charge is 0.326 e. The van der Waals surface area contributed by atoms with Crippen LogP contribution in [0, 0.1) is 11.8 Å². The van der Waals surface area contributed by atoms with Crippen molar-refractivity contribution in [1.29, 1.82) is 0 Å². The van der Waals surface area contributed by atoms with Gasteiger partial charge in [-0.2, -0.15) is 0 Å². The van der Waals surface area contributed by atoms with E-state index in [4.69, 9.17) is 0 Å². The third-order valence-corrected chi connectivity index (χ3v) is 4.53. The van der Waals surface area contributed by atoms with E-state index in [0.717, 1.165) is 25.0 Å². The maximum Gasteiger partial charge on any atom is 0.326 e. The molecule has 8 nitrogen and oxygen atoms in total. The Balaban J connectivity index is 2.29. The van der Waals surface area contributed by atoms with Crippen LogP contribution in [0.15, 0.2) is 42.5 Å². The number of fused-ring (bicyclic) bond motifs is 1. The molecule has 0 aliphatic rings. The zero-order chi connectivity index (χ0) is 20.8. The van der Waals surface area contributed by atoms with Crippen LogP contribution in [0.3, 0.4) is 0 Å². The number of nitrogens with one attached hydrogen (secondary N) is 1. The fourth-order valence-electron chi connectivity index (χ4n) is 2.95. The van der Waals surface area contributed by atoms with Crippen LogP contribution in [0.4, 0.5) is 0 Å². The number of methoxy groups -OCH3 is 2. The normalized spacial score (nSPS) is 12.9. The van der Waals surface area contributed by atoms with Crippen molar-refractivity contribution in [3.8, 4) is 0 Å². The number of carboxylic acid groups (broad SMARTS) is 1. The molecule has 0 aliphatic carbocycles. The molecule has 28 heavy (non-hydrogen) atoms. The van der Waals surface area contributed by atoms with E-state index < -0.39 is 41.7 Å². The average Bonchev–Trinajstić information content (AvgIpc) is 2.70. The molecule has 148 valence electrons. The summed E-state index contributed by atoms with van der Waals surface area (Å²) in [6.45, 7) is 1.36. The fraction of sp³-hybridized carbons (Fsp3) is 0.300. The lowest BCUT2D eigenvalue weighted by Crippen LogP contribution is -2.50. The lowest BCUT2D eigenvalue weighted by atomic mass is 9.87. The minimum atomic E-state index is -1.51. The first-order valence-electron chi connectivity index (χ1n) is 8.48. The molecule has 2 rings (SSSR count). The first kappa shape index (κ1) is 20.9. The third kappa shape index (κ3) is 4.46. The highest BCUT2D eigenvalue weighted by atomic mass is 16.5. The van der Waals surface area contributed by atoms with Crippen molar-refractivity contribution < 1.29 is 33.8 Å². The molecule has 2 atom stereocenters. The summed E-state index contributed by atoms with van der Waals surface area (Å²) in [5.74, 6) is -6.51. The molecular formula is C20H21NO7. The van der Waals surface area contributed by atoms with Gasteiger partial charge in [-0.3, -0.25) is 14.4 Å². The van der Waals surface area contributed by atoms with Gasteiger partial charge >= 0.3 is 17.9 Å². The number of aliphatic carboxylic acids is 1. The van der Waals surface area contributed by atoms with Gasteiger partial charge < -0.3 is 19.9 Å². The summed E-state index contributed by atoms with van der Waals surface area (Å²) in [5.41, 5.74) is 0.254. The zero-order valence-electron chi connectivity index (χ0n) is 15.7. The highest BCUT2D eigenvalue weighted by Gasteiger charge is 2.42. The molecule has 8 heteroatoms. The van der Waals surface area contributed by atoms with E-state index in [2.05, 4.69) is 14.8 Å². The van der Waals surface area contributed by atoms with Crippen LogP contribution in [0.1, 0.15) is 17.3 Å². The van der Waals surface area contributed by atoms with Gasteiger partial charge in [0.2, 0.25) is 0 Å². The number of benzene rings is 2. The van der Waals surface area contributed by atoms with Crippen molar-refractivity contribution in [2.24, 2.45) is 11.8 Å². The van der Waals surface area contributed by atoms with E-state index in [1.165, 1.54) is 6.92 Å². The van der Waals surface area contributed by atoms with Gasteiger partial charge in [0, 0.05) is 11.5 Å². The van der Waals surface area contributed by atoms with Crippen molar-refractivity contribution in [1.82, 2.24) is 5.32 Å². The highest BCUT2D eigenvalue weighted by molar-refractivity contribution is 6.01. The summed E-state index contributed by atoms with van der Waals surface area (Å²) >= 11 is 0. The van der Waals surface area contributed by atoms with Gasteiger partial charge in [0.1, 0.15) is 6.04 Å². The second kappa shape index (κ2) is 8.98. The first-order valence-corrected chi connectivity index (χ1v) is 8.48. The van der Waals surface area contributed by atoms with Gasteiger partial charge in [0.05, 0.1) is 14.2 Å². The molecule has 0 heterocycles. The SMILES string of the molecule is COC(=O)C(C(=O)OC)[C@@H](C)[C@H](NC(=O)c1ccc2ccccc2c1)C(=O)O. The number of hydrogen-bond donors (Lipinski definition) is 2. The topological polar surface area (TPSA) is 119 Å². The summed E-state index contributed by atoms with van der Waals surface area (Å²) in [5, 5.41) is 13.7. The molecule has 2 aromatic carbocycles. The first-order chi connectivity index (χ1) is 13.3. The Kier molecular flexibility index (Phi) is 6.70. The highest BCUT2D eigenvalue weighted by Crippen LogP contribution is 2.21. The molecule has 2 aromatic rings. The van der Waals surface area contributed by atoms with Gasteiger partial charge in [-0.25, -0.2) is 4.79 Å². The molecule has 0 spiro atoms. The molecule has 0 unspecified atom stereocenters. The Morgan fingerprint density at radius 3 is 2.04 bits per heavy atom. The van der Waals surface area contributed by atoms with Crippen LogP contribution in [-0.2, 0) is 23.9 Å². The third-order valence-electron chi connectivity index (χ3n) is 4.53. The van der Waals surface area contributed by atoms with Crippen molar-refractivity contribution in [2.45, 2.75) is 13.0 Å². The molecule has 0 aliphatic heterocycles. The van der Waals surface area contributed by atoms with Gasteiger partial charge in [-0.1, -0.05) is 37.3 Å². The number of carboxylic acids is 1. The summed E-state index contributed by atoms with van der Waals surface area (Å²) in [6.07, 6.45) is 0. The van der Waals surface area contributed by atoms with E-state index in [1.54, 1.807) is 18.2 Å². The van der Waals surface area contributed by atoms with Crippen LogP contribution in [0.2, 0.25) is 0 Å². The predicted molar refractivity (Wildman–Crippen MR) is 99.5 cm³/mol. The monoisotopic (exact) mass is 387 g/mol. The number of carbonyl (C=O) groups is 4. The minimum absolute atomic E-state index is 0.254. The number of amides is 1. The maximum atomic E-state index is 12.6. The largest absolute Gasteiger partial charge is 0.480 e. The Morgan fingerprint density at radius 2 is 1.50 bits per heavy atom. The van der Waals surface area contributed by atoms with E-state index in [9.17, 15) is 24.3 Å². The Morgan fingerprint density at radius 1 is 0.929 bits per heavy atom. The van der Waals surface area contributed by atoms with E-state index in [1.807, 2.05) is 24.3 Å². The van der Waals surface area contributed by atoms with Gasteiger partial charge in [-0.05, 0) is 22.9 Å². The lowest BCUT2D eigenvalue weighted by molar-refractivity contribution is -0.162. The molecule has 0 aromatic heterocycles. The van der Waals surface area contributed by atoms with Crippen LogP contribution in [0.5, 0.6) is 0 Å². The van der Waals surface area contributed by atoms with Gasteiger partial charge in [-0.15, -0.1) is 0 Å². The standard InChI is InChI=1S/C20H21NO7/c1-11(15(19(25)27-2)20(26)28-3)16(18(23)24)21-17(22)14-9-8-12-6-4-5-7-13(12)10-14/h4-11,15-16H,1-3H3,(H,21,22)(H,23,24)/t11-,16+/m1/s1. The predicted octanol–water partition coefficient (Wildman–Crippen LogP) is 1.62. The van der Waals surface area contributed by atoms with Crippen molar-refractivity contribution in [3.05, 3.63) is 48.0 Å². The zero-order valence-corrected chi connectivity index (χ0v) is 15.7. The quantitative estimate of drug-likeness (QED) is 0.547. The van der Waals surface area contributed by atoms with Gasteiger partial charge in [0.25, 0.3) is 5.91 Å². The van der Waals surface area contributed by atoms with Crippen molar-refractivity contribution in [2.75, 3.05) is 14.2 Å². The molecule has 1 amide bonds. The second-order valence-electron chi connectivity index (χ2n) is 6.23. The van der Waals surface area contributed by atoms with E-state index in [-0.39, 0.29) is 5.56 Å². The molecule has 0 fully saturated rings. The number of carbonyl (C=O) groups excluding carboxylic acids is 3. The lowest BCUT2D eigenvalue weighted by Gasteiger charge is -2.26. The molecule has 0 radical (unpaired) electrons.